The van der Waals surface area contributed by atoms with Gasteiger partial charge in [-0.15, -0.1) is 0 Å². The van der Waals surface area contributed by atoms with Crippen LogP contribution in [-0.4, -0.2) is 4.57 Å². The van der Waals surface area contributed by atoms with Crippen molar-refractivity contribution in [2.24, 2.45) is 0 Å². The van der Waals surface area contributed by atoms with Crippen LogP contribution in [0, 0.1) is 0 Å². The topological polar surface area (TPSA) is 17.0 Å². The lowest BCUT2D eigenvalue weighted by Crippen LogP contribution is -2.30. The van der Waals surface area contributed by atoms with Crippen LogP contribution in [0.2, 0.25) is 0 Å². The Hall–Kier alpha value is -5.08. The van der Waals surface area contributed by atoms with Crippen molar-refractivity contribution >= 4 is 28.1 Å². The molecular weight excluding hydrogens is 508 g/mol. The number of hydrogen-bond donors (Lipinski definition) is 1. The van der Waals surface area contributed by atoms with E-state index in [1.807, 2.05) is 0 Å². The van der Waals surface area contributed by atoms with Crippen molar-refractivity contribution in [1.82, 2.24) is 9.88 Å². The van der Waals surface area contributed by atoms with Gasteiger partial charge >= 0.3 is 0 Å². The van der Waals surface area contributed by atoms with Gasteiger partial charge in [0.2, 0.25) is 0 Å². The molecule has 0 fully saturated rings. The van der Waals surface area contributed by atoms with Gasteiger partial charge in [-0.1, -0.05) is 115 Å². The van der Waals surface area contributed by atoms with Crippen molar-refractivity contribution in [1.29, 1.82) is 0 Å². The van der Waals surface area contributed by atoms with E-state index in [0.29, 0.717) is 0 Å². The van der Waals surface area contributed by atoms with Gasteiger partial charge in [-0.25, -0.2) is 0 Å². The van der Waals surface area contributed by atoms with Crippen LogP contribution in [0.15, 0.2) is 121 Å². The van der Waals surface area contributed by atoms with E-state index in [1.165, 1.54) is 83.6 Å². The molecule has 42 heavy (non-hydrogen) atoms. The summed E-state index contributed by atoms with van der Waals surface area (Å²) in [5, 5.41) is 6.58. The Morgan fingerprint density at radius 1 is 0.643 bits per heavy atom. The Labute approximate surface area is 245 Å². The highest BCUT2D eigenvalue weighted by Gasteiger charge is 2.55. The zero-order valence-corrected chi connectivity index (χ0v) is 23.2. The molecule has 6 aromatic rings. The number of rotatable bonds is 1. The summed E-state index contributed by atoms with van der Waals surface area (Å²) in [5.41, 5.74) is 17.5. The number of fused-ring (bicyclic) bond motifs is 14. The number of nitrogens with one attached hydrogen (secondary N) is 1. The lowest BCUT2D eigenvalue weighted by Gasteiger charge is -2.35. The molecule has 2 nitrogen and oxygen atoms in total. The predicted octanol–water partition coefficient (Wildman–Crippen LogP) is 8.89. The fourth-order valence-electron chi connectivity index (χ4n) is 8.63. The van der Waals surface area contributed by atoms with Crippen LogP contribution in [0.1, 0.15) is 51.2 Å². The minimum Gasteiger partial charge on any atom is -0.379 e. The van der Waals surface area contributed by atoms with E-state index >= 15 is 0 Å². The third kappa shape index (κ3) is 2.57. The van der Waals surface area contributed by atoms with E-state index in [0.717, 1.165) is 19.4 Å². The summed E-state index contributed by atoms with van der Waals surface area (Å²) < 4.78 is 2.57. The molecule has 1 aromatic heterocycles. The summed E-state index contributed by atoms with van der Waals surface area (Å²) in [7, 11) is 0. The maximum atomic E-state index is 4.01. The Morgan fingerprint density at radius 2 is 1.29 bits per heavy atom. The first-order chi connectivity index (χ1) is 20.9. The smallest absolute Gasteiger partial charge is 0.0747 e. The summed E-state index contributed by atoms with van der Waals surface area (Å²) in [6, 6.07) is 42.9. The van der Waals surface area contributed by atoms with E-state index in [2.05, 4.69) is 137 Å². The zero-order valence-electron chi connectivity index (χ0n) is 23.2. The average Bonchev–Trinajstić information content (AvgIpc) is 3.66. The second-order valence-electron chi connectivity index (χ2n) is 12.0. The third-order valence-electron chi connectivity index (χ3n) is 10.1. The molecule has 0 bridgehead atoms. The van der Waals surface area contributed by atoms with Crippen LogP contribution in [-0.2, 0) is 18.4 Å². The summed E-state index contributed by atoms with van der Waals surface area (Å²) in [6.07, 6.45) is 6.86. The van der Waals surface area contributed by atoms with Crippen LogP contribution in [0.25, 0.3) is 44.9 Å². The SMILES string of the molecule is C1=Cc2c(c3c(n2-c2cccc4ccccc24)CNC2=C3C3(c4ccccc42)c2ccccc2-c2ccccc23)CC1. The zero-order chi connectivity index (χ0) is 27.4. The molecule has 0 saturated carbocycles. The third-order valence-corrected chi connectivity index (χ3v) is 10.1. The first kappa shape index (κ1) is 22.6. The lowest BCUT2D eigenvalue weighted by molar-refractivity contribution is 0.788. The number of aromatic nitrogens is 1. The van der Waals surface area contributed by atoms with Gasteiger partial charge in [0.05, 0.1) is 23.3 Å². The molecule has 4 aliphatic rings. The molecule has 0 radical (unpaired) electrons. The molecule has 2 heteroatoms. The largest absolute Gasteiger partial charge is 0.379 e. The number of benzene rings is 5. The molecule has 1 aliphatic heterocycles. The Morgan fingerprint density at radius 3 is 2.07 bits per heavy atom. The molecule has 1 spiro atoms. The molecule has 5 aromatic carbocycles. The molecule has 10 rings (SSSR count). The van der Waals surface area contributed by atoms with Crippen LogP contribution in [0.3, 0.4) is 0 Å². The van der Waals surface area contributed by atoms with Gasteiger partial charge in [0, 0.05) is 33.5 Å². The standard InChI is InChI=1S/C40H28N2/c1-2-14-26-25(12-1)13-11-23-34(26)42-35-22-10-6-18-30(35)37-36(42)24-41-39-29-17-5-9-21-33(29)40(38(37)39)31-19-7-3-15-27(31)28-16-4-8-20-32(28)40/h1-5,7-17,19-23,41H,6,18,24H2. The quantitative estimate of drug-likeness (QED) is 0.222. The molecular formula is C40H28N2. The highest BCUT2D eigenvalue weighted by molar-refractivity contribution is 6.11. The minimum absolute atomic E-state index is 0.360. The highest BCUT2D eigenvalue weighted by Crippen LogP contribution is 2.65. The second-order valence-corrected chi connectivity index (χ2v) is 12.0. The summed E-state index contributed by atoms with van der Waals surface area (Å²) in [4.78, 5) is 0. The minimum atomic E-state index is -0.360. The Bertz CT molecular complexity index is 2150. The first-order valence-electron chi connectivity index (χ1n) is 15.1. The van der Waals surface area contributed by atoms with Crippen LogP contribution < -0.4 is 5.32 Å². The van der Waals surface area contributed by atoms with Crippen molar-refractivity contribution < 1.29 is 0 Å². The van der Waals surface area contributed by atoms with E-state index in [9.17, 15) is 0 Å². The molecule has 2 heterocycles. The van der Waals surface area contributed by atoms with Crippen LogP contribution in [0.5, 0.6) is 0 Å². The summed E-state index contributed by atoms with van der Waals surface area (Å²) in [5.74, 6) is 0. The normalized spacial score (nSPS) is 16.5. The van der Waals surface area contributed by atoms with Gasteiger partial charge in [-0.3, -0.25) is 0 Å². The van der Waals surface area contributed by atoms with Gasteiger partial charge in [-0.05, 0) is 63.8 Å². The van der Waals surface area contributed by atoms with Gasteiger partial charge in [-0.2, -0.15) is 0 Å². The molecule has 198 valence electrons. The molecule has 1 N–H and O–H groups in total. The van der Waals surface area contributed by atoms with Crippen molar-refractivity contribution in [3.8, 4) is 16.8 Å². The van der Waals surface area contributed by atoms with Crippen molar-refractivity contribution in [2.45, 2.75) is 24.8 Å². The summed E-state index contributed by atoms with van der Waals surface area (Å²) >= 11 is 0. The predicted molar refractivity (Wildman–Crippen MR) is 172 cm³/mol. The number of allylic oxidation sites excluding steroid dienone is 2. The van der Waals surface area contributed by atoms with E-state index in [4.69, 9.17) is 0 Å². The lowest BCUT2D eigenvalue weighted by atomic mass is 9.67. The van der Waals surface area contributed by atoms with Gasteiger partial charge < -0.3 is 9.88 Å². The monoisotopic (exact) mass is 536 g/mol. The molecule has 3 aliphatic carbocycles. The second kappa shape index (κ2) is 8.02. The molecule has 0 saturated heterocycles. The van der Waals surface area contributed by atoms with E-state index in [1.54, 1.807) is 0 Å². The maximum Gasteiger partial charge on any atom is 0.0747 e. The number of nitrogens with zero attached hydrogens (tertiary/aromatic N) is 1. The Balaban J connectivity index is 1.37. The maximum absolute atomic E-state index is 4.01. The van der Waals surface area contributed by atoms with Crippen LogP contribution in [0.4, 0.5) is 0 Å². The number of hydrogen-bond acceptors (Lipinski definition) is 1. The van der Waals surface area contributed by atoms with E-state index in [-0.39, 0.29) is 5.41 Å². The van der Waals surface area contributed by atoms with Crippen molar-refractivity contribution in [2.75, 3.05) is 0 Å². The Kier molecular flexibility index (Phi) is 4.31. The van der Waals surface area contributed by atoms with E-state index < -0.39 is 0 Å². The van der Waals surface area contributed by atoms with Gasteiger partial charge in [0.1, 0.15) is 0 Å². The fourth-order valence-corrected chi connectivity index (χ4v) is 8.63. The molecule has 0 atom stereocenters. The summed E-state index contributed by atoms with van der Waals surface area (Å²) in [6.45, 7) is 0.798. The van der Waals surface area contributed by atoms with Gasteiger partial charge in [0.25, 0.3) is 0 Å². The first-order valence-corrected chi connectivity index (χ1v) is 15.1. The van der Waals surface area contributed by atoms with Crippen LogP contribution >= 0.6 is 0 Å². The fraction of sp³-hybridized carbons (Fsp3) is 0.100. The van der Waals surface area contributed by atoms with Crippen molar-refractivity contribution in [3.63, 3.8) is 0 Å². The highest BCUT2D eigenvalue weighted by atomic mass is 15.1. The molecule has 0 amide bonds. The molecule has 0 unspecified atom stereocenters. The average molecular weight is 537 g/mol. The van der Waals surface area contributed by atoms with Gasteiger partial charge in [0.15, 0.2) is 0 Å². The van der Waals surface area contributed by atoms with Crippen molar-refractivity contribution in [3.05, 3.63) is 166 Å².